The molecule has 0 unspecified atom stereocenters. The number of hydrogen-bond donors (Lipinski definition) is 1. The van der Waals surface area contributed by atoms with Crippen LogP contribution in [0.2, 0.25) is 10.0 Å². The van der Waals surface area contributed by atoms with E-state index in [1.54, 1.807) is 0 Å². The highest BCUT2D eigenvalue weighted by Crippen LogP contribution is 2.22. The fourth-order valence-corrected chi connectivity index (χ4v) is 2.71. The Bertz CT molecular complexity index is 593. The van der Waals surface area contributed by atoms with Gasteiger partial charge in [0.1, 0.15) is 0 Å². The van der Waals surface area contributed by atoms with Crippen LogP contribution in [0.25, 0.3) is 0 Å². The molecule has 0 aliphatic rings. The van der Waals surface area contributed by atoms with Crippen LogP contribution in [0.15, 0.2) is 24.3 Å². The Labute approximate surface area is 129 Å². The van der Waals surface area contributed by atoms with Gasteiger partial charge in [-0.05, 0) is 31.0 Å². The summed E-state index contributed by atoms with van der Waals surface area (Å²) in [6, 6.07) is 8.07. The zero-order valence-corrected chi connectivity index (χ0v) is 13.5. The summed E-state index contributed by atoms with van der Waals surface area (Å²) in [4.78, 5) is 0. The summed E-state index contributed by atoms with van der Waals surface area (Å²) in [6.07, 6.45) is 0.844. The summed E-state index contributed by atoms with van der Waals surface area (Å²) in [5.41, 5.74) is 3.12. The maximum Gasteiger partial charge on any atom is 0.0863 e. The van der Waals surface area contributed by atoms with Crippen molar-refractivity contribution in [2.24, 2.45) is 7.05 Å². The molecule has 0 fully saturated rings. The van der Waals surface area contributed by atoms with E-state index in [0.717, 1.165) is 33.4 Å². The molecule has 1 heterocycles. The Morgan fingerprint density at radius 2 is 2.10 bits per heavy atom. The first kappa shape index (κ1) is 15.4. The largest absolute Gasteiger partial charge is 0.305 e. The SMILES string of the molecule is CCc1nn(C)c(CN[C@@H](C)c2cccc(Cl)c2)c1Cl. The van der Waals surface area contributed by atoms with E-state index in [1.807, 2.05) is 29.9 Å². The molecule has 0 aliphatic heterocycles. The molecule has 0 saturated carbocycles. The van der Waals surface area contributed by atoms with Gasteiger partial charge in [-0.3, -0.25) is 4.68 Å². The van der Waals surface area contributed by atoms with Gasteiger partial charge in [0.05, 0.1) is 16.4 Å². The van der Waals surface area contributed by atoms with E-state index in [1.165, 1.54) is 0 Å². The molecule has 1 N–H and O–H groups in total. The third kappa shape index (κ3) is 3.35. The normalized spacial score (nSPS) is 12.7. The van der Waals surface area contributed by atoms with Crippen LogP contribution in [-0.2, 0) is 20.0 Å². The van der Waals surface area contributed by atoms with Crippen LogP contribution in [0, 0.1) is 0 Å². The van der Waals surface area contributed by atoms with Gasteiger partial charge in [0.25, 0.3) is 0 Å². The van der Waals surface area contributed by atoms with E-state index in [9.17, 15) is 0 Å². The fraction of sp³-hybridized carbons (Fsp3) is 0.400. The molecular formula is C15H19Cl2N3. The Kier molecular flexibility index (Phi) is 5.08. The summed E-state index contributed by atoms with van der Waals surface area (Å²) in [5, 5.41) is 9.39. The molecule has 3 nitrogen and oxygen atoms in total. The summed E-state index contributed by atoms with van der Waals surface area (Å²) in [5.74, 6) is 0. The second kappa shape index (κ2) is 6.61. The predicted molar refractivity (Wildman–Crippen MR) is 84.3 cm³/mol. The van der Waals surface area contributed by atoms with Gasteiger partial charge in [0.2, 0.25) is 0 Å². The molecule has 1 atom stereocenters. The number of benzene rings is 1. The molecule has 2 aromatic rings. The van der Waals surface area contributed by atoms with E-state index in [2.05, 4.69) is 30.3 Å². The minimum Gasteiger partial charge on any atom is -0.305 e. The van der Waals surface area contributed by atoms with Gasteiger partial charge in [-0.15, -0.1) is 0 Å². The van der Waals surface area contributed by atoms with Crippen molar-refractivity contribution in [1.29, 1.82) is 0 Å². The first-order valence-electron chi connectivity index (χ1n) is 6.72. The topological polar surface area (TPSA) is 29.9 Å². The van der Waals surface area contributed by atoms with Crippen LogP contribution in [0.5, 0.6) is 0 Å². The molecule has 0 radical (unpaired) electrons. The summed E-state index contributed by atoms with van der Waals surface area (Å²) in [7, 11) is 1.92. The number of halogens is 2. The quantitative estimate of drug-likeness (QED) is 0.899. The highest BCUT2D eigenvalue weighted by molar-refractivity contribution is 6.32. The number of rotatable bonds is 5. The molecule has 2 rings (SSSR count). The van der Waals surface area contributed by atoms with E-state index in [-0.39, 0.29) is 6.04 Å². The van der Waals surface area contributed by atoms with Gasteiger partial charge >= 0.3 is 0 Å². The number of hydrogen-bond acceptors (Lipinski definition) is 2. The molecule has 108 valence electrons. The first-order valence-corrected chi connectivity index (χ1v) is 7.47. The zero-order chi connectivity index (χ0) is 14.7. The van der Waals surface area contributed by atoms with Crippen molar-refractivity contribution in [3.8, 4) is 0 Å². The molecular weight excluding hydrogens is 293 g/mol. The van der Waals surface area contributed by atoms with E-state index >= 15 is 0 Å². The van der Waals surface area contributed by atoms with Crippen molar-refractivity contribution in [1.82, 2.24) is 15.1 Å². The average molecular weight is 312 g/mol. The van der Waals surface area contributed by atoms with E-state index in [0.29, 0.717) is 6.54 Å². The lowest BCUT2D eigenvalue weighted by Crippen LogP contribution is -2.20. The molecule has 0 amide bonds. The number of aromatic nitrogens is 2. The van der Waals surface area contributed by atoms with Crippen molar-refractivity contribution in [3.05, 3.63) is 51.3 Å². The van der Waals surface area contributed by atoms with Gasteiger partial charge in [-0.1, -0.05) is 42.3 Å². The van der Waals surface area contributed by atoms with Gasteiger partial charge in [0.15, 0.2) is 0 Å². The molecule has 0 bridgehead atoms. The lowest BCUT2D eigenvalue weighted by atomic mass is 10.1. The van der Waals surface area contributed by atoms with Crippen molar-refractivity contribution in [2.45, 2.75) is 32.9 Å². The number of nitrogens with one attached hydrogen (secondary N) is 1. The van der Waals surface area contributed by atoms with Gasteiger partial charge in [0, 0.05) is 24.7 Å². The number of nitrogens with zero attached hydrogens (tertiary/aromatic N) is 2. The summed E-state index contributed by atoms with van der Waals surface area (Å²) < 4.78 is 1.85. The Hall–Kier alpha value is -1.03. The molecule has 5 heteroatoms. The average Bonchev–Trinajstić information content (AvgIpc) is 2.71. The minimum atomic E-state index is 0.199. The van der Waals surface area contributed by atoms with Crippen LogP contribution in [0.3, 0.4) is 0 Å². The number of aryl methyl sites for hydroxylation is 2. The third-order valence-electron chi connectivity index (χ3n) is 3.43. The molecule has 20 heavy (non-hydrogen) atoms. The maximum absolute atomic E-state index is 6.34. The van der Waals surface area contributed by atoms with Crippen LogP contribution in [0.1, 0.15) is 36.8 Å². The summed E-state index contributed by atoms with van der Waals surface area (Å²) in [6.45, 7) is 4.84. The monoisotopic (exact) mass is 311 g/mol. The van der Waals surface area contributed by atoms with Crippen LogP contribution >= 0.6 is 23.2 Å². The Balaban J connectivity index is 2.07. The molecule has 1 aromatic heterocycles. The van der Waals surface area contributed by atoms with E-state index < -0.39 is 0 Å². The van der Waals surface area contributed by atoms with Crippen molar-refractivity contribution in [2.75, 3.05) is 0 Å². The third-order valence-corrected chi connectivity index (χ3v) is 4.10. The molecule has 0 spiro atoms. The molecule has 0 saturated heterocycles. The van der Waals surface area contributed by atoms with Gasteiger partial charge in [-0.2, -0.15) is 5.10 Å². The van der Waals surface area contributed by atoms with Gasteiger partial charge in [-0.25, -0.2) is 0 Å². The smallest absolute Gasteiger partial charge is 0.0863 e. The van der Waals surface area contributed by atoms with E-state index in [4.69, 9.17) is 23.2 Å². The maximum atomic E-state index is 6.34. The predicted octanol–water partition coefficient (Wildman–Crippen LogP) is 4.14. The molecule has 1 aromatic carbocycles. The standard InChI is InChI=1S/C15H19Cl2N3/c1-4-13-15(17)14(20(3)19-13)9-18-10(2)11-6-5-7-12(16)8-11/h5-8,10,18H,4,9H2,1-3H3/t10-/m0/s1. The van der Waals surface area contributed by atoms with Crippen LogP contribution in [0.4, 0.5) is 0 Å². The van der Waals surface area contributed by atoms with Crippen molar-refractivity contribution in [3.63, 3.8) is 0 Å². The Morgan fingerprint density at radius 3 is 2.70 bits per heavy atom. The van der Waals surface area contributed by atoms with Crippen molar-refractivity contribution < 1.29 is 0 Å². The lowest BCUT2D eigenvalue weighted by Gasteiger charge is -2.15. The minimum absolute atomic E-state index is 0.199. The highest BCUT2D eigenvalue weighted by Gasteiger charge is 2.14. The molecule has 0 aliphatic carbocycles. The van der Waals surface area contributed by atoms with Crippen LogP contribution in [-0.4, -0.2) is 9.78 Å². The van der Waals surface area contributed by atoms with Crippen LogP contribution < -0.4 is 5.32 Å². The zero-order valence-electron chi connectivity index (χ0n) is 12.0. The lowest BCUT2D eigenvalue weighted by molar-refractivity contribution is 0.548. The summed E-state index contributed by atoms with van der Waals surface area (Å²) >= 11 is 12.4. The second-order valence-corrected chi connectivity index (χ2v) is 5.66. The van der Waals surface area contributed by atoms with Crippen molar-refractivity contribution >= 4 is 23.2 Å². The Morgan fingerprint density at radius 1 is 1.35 bits per heavy atom. The van der Waals surface area contributed by atoms with Gasteiger partial charge < -0.3 is 5.32 Å². The highest BCUT2D eigenvalue weighted by atomic mass is 35.5. The fourth-order valence-electron chi connectivity index (χ4n) is 2.16. The first-order chi connectivity index (χ1) is 9.52. The second-order valence-electron chi connectivity index (χ2n) is 4.84.